The van der Waals surface area contributed by atoms with E-state index in [0.717, 1.165) is 52.8 Å². The number of ether oxygens (including phenoxy) is 3. The van der Waals surface area contributed by atoms with E-state index in [1.165, 1.54) is 5.56 Å². The lowest BCUT2D eigenvalue weighted by Crippen LogP contribution is -2.39. The van der Waals surface area contributed by atoms with E-state index in [0.29, 0.717) is 19.9 Å². The number of hydrogen-bond acceptors (Lipinski definition) is 5. The van der Waals surface area contributed by atoms with E-state index in [1.807, 2.05) is 19.3 Å². The fraction of sp³-hybridized carbons (Fsp3) is 0.519. The smallest absolute Gasteiger partial charge is 0.256 e. The van der Waals surface area contributed by atoms with Crippen LogP contribution in [-0.4, -0.2) is 43.7 Å². The molecule has 0 radical (unpaired) electrons. The second kappa shape index (κ2) is 9.24. The summed E-state index contributed by atoms with van der Waals surface area (Å²) in [7, 11) is -1.17. The van der Waals surface area contributed by atoms with E-state index < -0.39 is 13.9 Å². The lowest BCUT2D eigenvalue weighted by Gasteiger charge is -2.23. The van der Waals surface area contributed by atoms with Gasteiger partial charge in [-0.25, -0.2) is 9.98 Å². The minimum Gasteiger partial charge on any atom is -0.361 e. The van der Waals surface area contributed by atoms with Gasteiger partial charge in [-0.2, -0.15) is 4.57 Å². The maximum atomic E-state index is 6.27. The Kier molecular flexibility index (Phi) is 6.42. The molecule has 4 heterocycles. The van der Waals surface area contributed by atoms with Crippen LogP contribution in [0, 0.1) is 0 Å². The molecule has 1 atom stereocenters. The van der Waals surface area contributed by atoms with Crippen molar-refractivity contribution in [2.24, 2.45) is 4.99 Å². The summed E-state index contributed by atoms with van der Waals surface area (Å²) in [6.45, 7) is 15.9. The molecule has 0 bridgehead atoms. The standard InChI is InChI=1S/C27H37N4O3Si/c1-7-23-24(20-8-10-21(11-9-20)27(3)33-12-13-34-27)30(18-32-14-15-35(4,5)6)26-25(23)31-19(2)28-16-22(31)17-29-26/h8-11,16-17,19H,7,12-15,18H2,1-6H3/q+1. The molecule has 1 saturated heterocycles. The minimum atomic E-state index is -1.17. The van der Waals surface area contributed by atoms with Gasteiger partial charge in [0.05, 0.1) is 24.5 Å². The third-order valence-corrected chi connectivity index (χ3v) is 8.74. The van der Waals surface area contributed by atoms with Crippen molar-refractivity contribution in [2.45, 2.75) is 71.6 Å². The van der Waals surface area contributed by atoms with Gasteiger partial charge in [-0.1, -0.05) is 50.8 Å². The normalized spacial score (nSPS) is 19.1. The summed E-state index contributed by atoms with van der Waals surface area (Å²) in [4.78, 5) is 9.54. The first kappa shape index (κ1) is 24.3. The Morgan fingerprint density at radius 1 is 1.17 bits per heavy atom. The Morgan fingerprint density at radius 2 is 1.89 bits per heavy atom. The molecule has 7 nitrogen and oxygen atoms in total. The maximum absolute atomic E-state index is 6.27. The fourth-order valence-corrected chi connectivity index (χ4v) is 5.79. The first-order chi connectivity index (χ1) is 16.7. The van der Waals surface area contributed by atoms with Gasteiger partial charge in [0.2, 0.25) is 17.5 Å². The average Bonchev–Trinajstić information content (AvgIpc) is 3.52. The summed E-state index contributed by atoms with van der Waals surface area (Å²) in [5, 5.41) is 0. The van der Waals surface area contributed by atoms with Gasteiger partial charge < -0.3 is 14.2 Å². The highest BCUT2D eigenvalue weighted by Crippen LogP contribution is 2.36. The number of benzene rings is 1. The van der Waals surface area contributed by atoms with E-state index in [2.05, 4.69) is 71.9 Å². The van der Waals surface area contributed by atoms with Crippen LogP contribution in [0.15, 0.2) is 35.5 Å². The van der Waals surface area contributed by atoms with Crippen LogP contribution in [-0.2, 0) is 33.1 Å². The first-order valence-electron chi connectivity index (χ1n) is 12.7. The lowest BCUT2D eigenvalue weighted by atomic mass is 10.0. The van der Waals surface area contributed by atoms with Crippen molar-refractivity contribution in [1.82, 2.24) is 9.55 Å². The molecular formula is C27H37N4O3Si+. The summed E-state index contributed by atoms with van der Waals surface area (Å²) in [5.74, 6) is -0.677. The molecule has 8 heteroatoms. The molecule has 5 rings (SSSR count). The van der Waals surface area contributed by atoms with E-state index in [-0.39, 0.29) is 6.17 Å². The van der Waals surface area contributed by atoms with Crippen molar-refractivity contribution < 1.29 is 18.8 Å². The molecule has 3 aromatic rings. The Hall–Kier alpha value is -2.39. The highest BCUT2D eigenvalue weighted by molar-refractivity contribution is 6.76. The van der Waals surface area contributed by atoms with Crippen molar-refractivity contribution in [3.63, 3.8) is 0 Å². The second-order valence-electron chi connectivity index (χ2n) is 10.8. The van der Waals surface area contributed by atoms with Gasteiger partial charge in [-0.3, -0.25) is 4.57 Å². The van der Waals surface area contributed by atoms with Gasteiger partial charge in [-0.15, -0.1) is 0 Å². The van der Waals surface area contributed by atoms with Crippen LogP contribution in [0.4, 0.5) is 0 Å². The molecule has 0 saturated carbocycles. The van der Waals surface area contributed by atoms with E-state index >= 15 is 0 Å². The maximum Gasteiger partial charge on any atom is 0.256 e. The number of hydrogen-bond donors (Lipinski definition) is 0. The Labute approximate surface area is 208 Å². The highest BCUT2D eigenvalue weighted by atomic mass is 28.3. The summed E-state index contributed by atoms with van der Waals surface area (Å²) in [6.07, 6.45) is 4.79. The molecule has 0 amide bonds. The van der Waals surface area contributed by atoms with Gasteiger partial charge in [0.15, 0.2) is 5.79 Å². The van der Waals surface area contributed by atoms with Crippen molar-refractivity contribution in [3.8, 4) is 11.3 Å². The van der Waals surface area contributed by atoms with E-state index in [9.17, 15) is 0 Å². The average molecular weight is 494 g/mol. The molecule has 0 N–H and O–H groups in total. The zero-order valence-electron chi connectivity index (χ0n) is 21.8. The Balaban J connectivity index is 1.60. The van der Waals surface area contributed by atoms with Crippen LogP contribution in [0.5, 0.6) is 0 Å². The van der Waals surface area contributed by atoms with Crippen LogP contribution in [0.25, 0.3) is 22.4 Å². The summed E-state index contributed by atoms with van der Waals surface area (Å²) < 4.78 is 22.6. The SMILES string of the molecule is CCc1c(-c2ccc(C3(C)OCCO3)cc2)n(COCC[Si](C)(C)C)c2ncc3[n+](c12)C(C)N=C3. The number of fused-ring (bicyclic) bond motifs is 3. The molecule has 1 fully saturated rings. The van der Waals surface area contributed by atoms with Crippen LogP contribution in [0.1, 0.15) is 43.8 Å². The number of nitrogens with zero attached hydrogens (tertiary/aromatic N) is 4. The Morgan fingerprint density at radius 3 is 2.54 bits per heavy atom. The van der Waals surface area contributed by atoms with E-state index in [4.69, 9.17) is 19.2 Å². The van der Waals surface area contributed by atoms with Crippen molar-refractivity contribution in [3.05, 3.63) is 47.3 Å². The number of aryl methyl sites for hydroxylation is 1. The molecule has 1 aromatic carbocycles. The second-order valence-corrected chi connectivity index (χ2v) is 16.4. The van der Waals surface area contributed by atoms with Crippen molar-refractivity contribution in [2.75, 3.05) is 19.8 Å². The van der Waals surface area contributed by atoms with Gasteiger partial charge in [0, 0.05) is 27.2 Å². The molecule has 0 spiro atoms. The molecule has 2 aliphatic rings. The van der Waals surface area contributed by atoms with Crippen LogP contribution in [0.3, 0.4) is 0 Å². The molecule has 1 unspecified atom stereocenters. The largest absolute Gasteiger partial charge is 0.361 e. The molecular weight excluding hydrogens is 456 g/mol. The monoisotopic (exact) mass is 493 g/mol. The third kappa shape index (κ3) is 4.48. The van der Waals surface area contributed by atoms with Crippen LogP contribution < -0.4 is 4.57 Å². The molecule has 0 aliphatic carbocycles. The summed E-state index contributed by atoms with van der Waals surface area (Å²) >= 11 is 0. The van der Waals surface area contributed by atoms with Crippen molar-refractivity contribution >= 4 is 25.5 Å². The van der Waals surface area contributed by atoms with Gasteiger partial charge >= 0.3 is 0 Å². The molecule has 2 aliphatic heterocycles. The molecule has 186 valence electrons. The van der Waals surface area contributed by atoms with Crippen LogP contribution >= 0.6 is 0 Å². The van der Waals surface area contributed by atoms with Gasteiger partial charge in [0.25, 0.3) is 5.52 Å². The summed E-state index contributed by atoms with van der Waals surface area (Å²) in [5.41, 5.74) is 7.74. The highest BCUT2D eigenvalue weighted by Gasteiger charge is 2.35. The zero-order chi connectivity index (χ0) is 24.8. The number of aromatic nitrogens is 3. The minimum absolute atomic E-state index is 0.0521. The predicted octanol–water partition coefficient (Wildman–Crippen LogP) is 5.04. The molecule has 35 heavy (non-hydrogen) atoms. The van der Waals surface area contributed by atoms with Gasteiger partial charge in [-0.05, 0) is 25.0 Å². The van der Waals surface area contributed by atoms with Crippen LogP contribution in [0.2, 0.25) is 25.7 Å². The van der Waals surface area contributed by atoms with Crippen molar-refractivity contribution in [1.29, 1.82) is 0 Å². The quantitative estimate of drug-likeness (QED) is 0.251. The number of rotatable bonds is 8. The zero-order valence-corrected chi connectivity index (χ0v) is 22.8. The Bertz CT molecular complexity index is 1250. The topological polar surface area (TPSA) is 61.8 Å². The molecule has 2 aromatic heterocycles. The van der Waals surface area contributed by atoms with E-state index in [1.54, 1.807) is 0 Å². The lowest BCUT2D eigenvalue weighted by molar-refractivity contribution is -0.689. The van der Waals surface area contributed by atoms with Gasteiger partial charge in [0.1, 0.15) is 19.1 Å². The summed E-state index contributed by atoms with van der Waals surface area (Å²) in [6, 6.07) is 9.71. The number of aliphatic imine (C=N–C) groups is 1. The fourth-order valence-electron chi connectivity index (χ4n) is 5.03. The first-order valence-corrected chi connectivity index (χ1v) is 16.4. The third-order valence-electron chi connectivity index (χ3n) is 7.03. The predicted molar refractivity (Wildman–Crippen MR) is 140 cm³/mol.